The van der Waals surface area contributed by atoms with Gasteiger partial charge in [0.15, 0.2) is 4.34 Å². The van der Waals surface area contributed by atoms with Gasteiger partial charge in [-0.3, -0.25) is 0 Å². The number of nitrogens with zero attached hydrogens (tertiary/aromatic N) is 4. The Morgan fingerprint density at radius 3 is 2.94 bits per heavy atom. The second kappa shape index (κ2) is 5.17. The summed E-state index contributed by atoms with van der Waals surface area (Å²) in [6.07, 6.45) is 0. The van der Waals surface area contributed by atoms with E-state index in [-0.39, 0.29) is 5.25 Å². The fourth-order valence-corrected chi connectivity index (χ4v) is 3.61. The Kier molecular flexibility index (Phi) is 3.39. The zero-order valence-electron chi connectivity index (χ0n) is 9.31. The van der Waals surface area contributed by atoms with Crippen LogP contribution in [-0.2, 0) is 0 Å². The highest BCUT2D eigenvalue weighted by Gasteiger charge is 2.17. The average molecular weight is 296 g/mol. The first-order valence-electron chi connectivity index (χ1n) is 5.13. The Labute approximate surface area is 115 Å². The number of rotatable bonds is 4. The third-order valence-corrected chi connectivity index (χ3v) is 4.89. The van der Waals surface area contributed by atoms with Crippen molar-refractivity contribution >= 4 is 34.4 Å². The maximum atomic E-state index is 5.66. The van der Waals surface area contributed by atoms with Crippen LogP contribution in [-0.4, -0.2) is 20.4 Å². The van der Waals surface area contributed by atoms with Crippen molar-refractivity contribution < 1.29 is 4.42 Å². The van der Waals surface area contributed by atoms with Crippen LogP contribution in [0.1, 0.15) is 18.1 Å². The van der Waals surface area contributed by atoms with Gasteiger partial charge >= 0.3 is 0 Å². The van der Waals surface area contributed by atoms with Crippen LogP contribution in [0.2, 0.25) is 0 Å². The van der Waals surface area contributed by atoms with Gasteiger partial charge in [-0.2, -0.15) is 0 Å². The van der Waals surface area contributed by atoms with Gasteiger partial charge in [0.05, 0.1) is 10.1 Å². The number of thioether (sulfide) groups is 1. The van der Waals surface area contributed by atoms with Crippen LogP contribution in [0, 0.1) is 0 Å². The lowest BCUT2D eigenvalue weighted by atomic mass is 10.5. The molecule has 0 aliphatic heterocycles. The molecule has 8 heteroatoms. The standard InChI is InChI=1S/C10H8N4OS3/c1-6(18-10-14-11-5-17-10)8-12-13-9(15-8)7-3-2-4-16-7/h2-6H,1H3/t6-/m0/s1. The van der Waals surface area contributed by atoms with Gasteiger partial charge in [0.25, 0.3) is 5.89 Å². The smallest absolute Gasteiger partial charge is 0.257 e. The molecule has 0 radical (unpaired) electrons. The van der Waals surface area contributed by atoms with Crippen LogP contribution in [0.4, 0.5) is 0 Å². The second-order valence-electron chi connectivity index (χ2n) is 3.39. The van der Waals surface area contributed by atoms with Crippen molar-refractivity contribution in [3.8, 4) is 10.8 Å². The summed E-state index contributed by atoms with van der Waals surface area (Å²) in [5, 5.41) is 18.0. The van der Waals surface area contributed by atoms with Crippen LogP contribution in [0.3, 0.4) is 0 Å². The number of thiophene rings is 1. The van der Waals surface area contributed by atoms with Crippen molar-refractivity contribution in [3.63, 3.8) is 0 Å². The summed E-state index contributed by atoms with van der Waals surface area (Å²) in [6, 6.07) is 3.92. The van der Waals surface area contributed by atoms with E-state index in [1.54, 1.807) is 28.6 Å². The summed E-state index contributed by atoms with van der Waals surface area (Å²) in [7, 11) is 0. The molecule has 0 aromatic carbocycles. The summed E-state index contributed by atoms with van der Waals surface area (Å²) >= 11 is 4.65. The predicted molar refractivity (Wildman–Crippen MR) is 71.8 cm³/mol. The van der Waals surface area contributed by atoms with E-state index < -0.39 is 0 Å². The van der Waals surface area contributed by atoms with Gasteiger partial charge in [-0.15, -0.1) is 31.7 Å². The van der Waals surface area contributed by atoms with Crippen molar-refractivity contribution in [1.82, 2.24) is 20.4 Å². The molecule has 0 fully saturated rings. The van der Waals surface area contributed by atoms with Crippen LogP contribution in [0.25, 0.3) is 10.8 Å². The van der Waals surface area contributed by atoms with E-state index >= 15 is 0 Å². The molecule has 0 amide bonds. The molecule has 0 unspecified atom stereocenters. The lowest BCUT2D eigenvalue weighted by Crippen LogP contribution is -1.88. The van der Waals surface area contributed by atoms with Gasteiger partial charge in [0.2, 0.25) is 5.89 Å². The largest absolute Gasteiger partial charge is 0.419 e. The Balaban J connectivity index is 1.77. The van der Waals surface area contributed by atoms with Crippen LogP contribution < -0.4 is 0 Å². The first-order chi connectivity index (χ1) is 8.83. The summed E-state index contributed by atoms with van der Waals surface area (Å²) in [4.78, 5) is 0.988. The first-order valence-corrected chi connectivity index (χ1v) is 7.77. The quantitative estimate of drug-likeness (QED) is 0.686. The van der Waals surface area contributed by atoms with Crippen molar-refractivity contribution in [3.05, 3.63) is 28.9 Å². The molecule has 0 aliphatic rings. The normalized spacial score (nSPS) is 12.7. The van der Waals surface area contributed by atoms with E-state index in [9.17, 15) is 0 Å². The third kappa shape index (κ3) is 2.45. The fourth-order valence-electron chi connectivity index (χ4n) is 1.31. The van der Waals surface area contributed by atoms with Crippen LogP contribution in [0.5, 0.6) is 0 Å². The van der Waals surface area contributed by atoms with Gasteiger partial charge < -0.3 is 4.42 Å². The van der Waals surface area contributed by atoms with E-state index in [0.717, 1.165) is 9.22 Å². The molecule has 0 aliphatic carbocycles. The molecule has 3 heterocycles. The molecule has 0 saturated heterocycles. The predicted octanol–water partition coefficient (Wildman–Crippen LogP) is 3.50. The molecule has 0 bridgehead atoms. The Hall–Kier alpha value is -1.25. The van der Waals surface area contributed by atoms with Crippen LogP contribution in [0.15, 0.2) is 31.8 Å². The monoisotopic (exact) mass is 296 g/mol. The van der Waals surface area contributed by atoms with Crippen molar-refractivity contribution in [2.45, 2.75) is 16.5 Å². The third-order valence-electron chi connectivity index (χ3n) is 2.14. The fraction of sp³-hybridized carbons (Fsp3) is 0.200. The van der Waals surface area contributed by atoms with E-state index in [1.165, 1.54) is 11.3 Å². The van der Waals surface area contributed by atoms with Gasteiger partial charge in [-0.05, 0) is 18.4 Å². The maximum Gasteiger partial charge on any atom is 0.257 e. The summed E-state index contributed by atoms with van der Waals surface area (Å²) in [5.41, 5.74) is 1.71. The topological polar surface area (TPSA) is 64.7 Å². The van der Waals surface area contributed by atoms with E-state index in [2.05, 4.69) is 20.4 Å². The second-order valence-corrected chi connectivity index (χ2v) is 6.76. The Morgan fingerprint density at radius 1 is 1.28 bits per heavy atom. The molecular formula is C10H8N4OS3. The van der Waals surface area contributed by atoms with E-state index in [0.29, 0.717) is 11.8 Å². The Morgan fingerprint density at radius 2 is 2.22 bits per heavy atom. The van der Waals surface area contributed by atoms with E-state index in [1.807, 2.05) is 24.4 Å². The summed E-state index contributed by atoms with van der Waals surface area (Å²) in [6.45, 7) is 2.01. The minimum absolute atomic E-state index is 0.0687. The molecule has 18 heavy (non-hydrogen) atoms. The molecule has 3 aromatic rings. The molecule has 1 atom stereocenters. The lowest BCUT2D eigenvalue weighted by Gasteiger charge is -2.01. The van der Waals surface area contributed by atoms with Crippen molar-refractivity contribution in [2.24, 2.45) is 0 Å². The van der Waals surface area contributed by atoms with Gasteiger partial charge in [-0.25, -0.2) is 0 Å². The highest BCUT2D eigenvalue weighted by molar-refractivity contribution is 8.01. The zero-order valence-corrected chi connectivity index (χ0v) is 11.8. The van der Waals surface area contributed by atoms with Crippen molar-refractivity contribution in [2.75, 3.05) is 0 Å². The average Bonchev–Trinajstić information content (AvgIpc) is 3.11. The summed E-state index contributed by atoms with van der Waals surface area (Å²) < 4.78 is 6.56. The number of aromatic nitrogens is 4. The van der Waals surface area contributed by atoms with Gasteiger partial charge in [0, 0.05) is 0 Å². The molecule has 3 aromatic heterocycles. The first kappa shape index (κ1) is 11.8. The zero-order chi connectivity index (χ0) is 12.4. The number of hydrogen-bond acceptors (Lipinski definition) is 8. The minimum atomic E-state index is 0.0687. The summed E-state index contributed by atoms with van der Waals surface area (Å²) in [5.74, 6) is 1.18. The number of hydrogen-bond donors (Lipinski definition) is 0. The van der Waals surface area contributed by atoms with Gasteiger partial charge in [-0.1, -0.05) is 29.2 Å². The molecule has 5 nitrogen and oxygen atoms in total. The highest BCUT2D eigenvalue weighted by Crippen LogP contribution is 2.35. The van der Waals surface area contributed by atoms with Gasteiger partial charge in [0.1, 0.15) is 5.51 Å². The lowest BCUT2D eigenvalue weighted by molar-refractivity contribution is 0.510. The molecule has 0 saturated carbocycles. The highest BCUT2D eigenvalue weighted by atomic mass is 32.2. The maximum absolute atomic E-state index is 5.66. The molecule has 0 N–H and O–H groups in total. The molecule has 0 spiro atoms. The minimum Gasteiger partial charge on any atom is -0.419 e. The van der Waals surface area contributed by atoms with E-state index in [4.69, 9.17) is 4.42 Å². The van der Waals surface area contributed by atoms with Crippen LogP contribution >= 0.6 is 34.4 Å². The van der Waals surface area contributed by atoms with Crippen molar-refractivity contribution in [1.29, 1.82) is 0 Å². The molecule has 3 rings (SSSR count). The molecular weight excluding hydrogens is 288 g/mol. The molecule has 92 valence electrons. The Bertz CT molecular complexity index is 605. The SMILES string of the molecule is C[C@H](Sc1nncs1)c1nnc(-c2cccs2)o1.